The third-order valence-electron chi connectivity index (χ3n) is 5.73. The zero-order valence-electron chi connectivity index (χ0n) is 20.2. The van der Waals surface area contributed by atoms with Gasteiger partial charge in [0.1, 0.15) is 16.6 Å². The molecule has 188 valence electrons. The number of nitrogens with one attached hydrogen (secondary N) is 1. The molecule has 6 nitrogen and oxygen atoms in total. The number of methoxy groups -OCH3 is 1. The summed E-state index contributed by atoms with van der Waals surface area (Å²) >= 11 is 13.6. The van der Waals surface area contributed by atoms with Gasteiger partial charge in [-0.05, 0) is 42.3 Å². The Balaban J connectivity index is 1.67. The Morgan fingerprint density at radius 3 is 2.65 bits per heavy atom. The number of para-hydroxylation sites is 1. The van der Waals surface area contributed by atoms with Gasteiger partial charge in [0.2, 0.25) is 0 Å². The summed E-state index contributed by atoms with van der Waals surface area (Å²) in [6.07, 6.45) is 5.11. The molecule has 1 N–H and O–H groups in total. The number of ether oxygens (including phenoxy) is 1. The van der Waals surface area contributed by atoms with Crippen LogP contribution in [-0.2, 0) is 22.5 Å². The van der Waals surface area contributed by atoms with Crippen LogP contribution in [-0.4, -0.2) is 23.6 Å². The number of amides is 1. The molecule has 0 fully saturated rings. The maximum absolute atomic E-state index is 13.1. The Hall–Kier alpha value is -3.57. The third-order valence-corrected chi connectivity index (χ3v) is 7.58. The van der Waals surface area contributed by atoms with Gasteiger partial charge in [-0.15, -0.1) is 11.3 Å². The minimum Gasteiger partial charge on any atom is -0.465 e. The number of hydrogen-bond acceptors (Lipinski definition) is 5. The number of esters is 1. The van der Waals surface area contributed by atoms with E-state index >= 15 is 0 Å². The van der Waals surface area contributed by atoms with Crippen LogP contribution in [0.3, 0.4) is 0 Å². The van der Waals surface area contributed by atoms with Crippen LogP contribution in [0.2, 0.25) is 10.0 Å². The predicted molar refractivity (Wildman–Crippen MR) is 149 cm³/mol. The van der Waals surface area contributed by atoms with Crippen molar-refractivity contribution < 1.29 is 14.3 Å². The lowest BCUT2D eigenvalue weighted by molar-refractivity contribution is -0.112. The van der Waals surface area contributed by atoms with E-state index in [0.717, 1.165) is 34.2 Å². The molecule has 4 aromatic rings. The van der Waals surface area contributed by atoms with E-state index in [9.17, 15) is 14.9 Å². The van der Waals surface area contributed by atoms with Crippen molar-refractivity contribution in [2.45, 2.75) is 26.3 Å². The van der Waals surface area contributed by atoms with Gasteiger partial charge in [0.25, 0.3) is 5.91 Å². The standard InChI is InChI=1S/C28H23Cl2N3O3S/c1-3-6-20-13-22(28(35)36-2)27(37-20)32-26(34)18(14-31)12-19-16-33(25-8-5-4-7-21(19)25)15-17-9-10-23(29)24(30)11-17/h4-5,7-13,16H,3,6,15H2,1-2H3,(H,32,34)/b18-12+. The van der Waals surface area contributed by atoms with Crippen LogP contribution in [0.1, 0.15) is 39.7 Å². The number of aryl methyl sites for hydroxylation is 1. The van der Waals surface area contributed by atoms with Crippen LogP contribution in [0.4, 0.5) is 5.00 Å². The lowest BCUT2D eigenvalue weighted by Gasteiger charge is -2.06. The topological polar surface area (TPSA) is 84.1 Å². The fraction of sp³-hybridized carbons (Fsp3) is 0.179. The lowest BCUT2D eigenvalue weighted by Crippen LogP contribution is -2.15. The van der Waals surface area contributed by atoms with Gasteiger partial charge in [-0.1, -0.05) is 60.8 Å². The summed E-state index contributed by atoms with van der Waals surface area (Å²) in [5, 5.41) is 14.8. The van der Waals surface area contributed by atoms with E-state index in [1.165, 1.54) is 18.4 Å². The van der Waals surface area contributed by atoms with Crippen molar-refractivity contribution in [2.75, 3.05) is 12.4 Å². The largest absolute Gasteiger partial charge is 0.465 e. The summed E-state index contributed by atoms with van der Waals surface area (Å²) in [5.41, 5.74) is 2.81. The second-order valence-corrected chi connectivity index (χ2v) is 10.3. The SMILES string of the molecule is CCCc1cc(C(=O)OC)c(NC(=O)/C(C#N)=C/c2cn(Cc3ccc(Cl)c(Cl)c3)c3ccccc23)s1. The number of nitriles is 1. The van der Waals surface area contributed by atoms with E-state index < -0.39 is 11.9 Å². The maximum atomic E-state index is 13.1. The van der Waals surface area contributed by atoms with Gasteiger partial charge in [0.15, 0.2) is 0 Å². The normalized spacial score (nSPS) is 11.4. The van der Waals surface area contributed by atoms with Gasteiger partial charge in [0, 0.05) is 34.1 Å². The molecule has 2 heterocycles. The zero-order chi connectivity index (χ0) is 26.5. The Bertz CT molecular complexity index is 1560. The summed E-state index contributed by atoms with van der Waals surface area (Å²) in [4.78, 5) is 26.3. The molecule has 0 unspecified atom stereocenters. The van der Waals surface area contributed by atoms with E-state index in [1.807, 2.05) is 60.2 Å². The number of thiophene rings is 1. The molecule has 2 aromatic heterocycles. The van der Waals surface area contributed by atoms with Gasteiger partial charge in [-0.2, -0.15) is 5.26 Å². The second-order valence-electron chi connectivity index (χ2n) is 8.30. The maximum Gasteiger partial charge on any atom is 0.340 e. The van der Waals surface area contributed by atoms with Crippen molar-refractivity contribution in [1.29, 1.82) is 5.26 Å². The van der Waals surface area contributed by atoms with Crippen LogP contribution >= 0.6 is 34.5 Å². The molecular weight excluding hydrogens is 529 g/mol. The molecule has 37 heavy (non-hydrogen) atoms. The first-order valence-corrected chi connectivity index (χ1v) is 13.1. The van der Waals surface area contributed by atoms with Crippen molar-refractivity contribution >= 4 is 68.4 Å². The predicted octanol–water partition coefficient (Wildman–Crippen LogP) is 7.34. The highest BCUT2D eigenvalue weighted by Gasteiger charge is 2.20. The summed E-state index contributed by atoms with van der Waals surface area (Å²) in [6.45, 7) is 2.56. The molecule has 0 aliphatic heterocycles. The summed E-state index contributed by atoms with van der Waals surface area (Å²) in [5.74, 6) is -1.14. The molecule has 0 bridgehead atoms. The number of carbonyl (C=O) groups is 2. The van der Waals surface area contributed by atoms with E-state index in [0.29, 0.717) is 27.2 Å². The number of aromatic nitrogens is 1. The molecule has 4 rings (SSSR count). The van der Waals surface area contributed by atoms with E-state index in [2.05, 4.69) is 5.32 Å². The highest BCUT2D eigenvalue weighted by Crippen LogP contribution is 2.31. The van der Waals surface area contributed by atoms with E-state index in [-0.39, 0.29) is 11.1 Å². The molecule has 2 aromatic carbocycles. The Labute approximate surface area is 228 Å². The molecule has 0 saturated carbocycles. The molecule has 0 aliphatic rings. The lowest BCUT2D eigenvalue weighted by atomic mass is 10.1. The number of benzene rings is 2. The molecule has 9 heteroatoms. The highest BCUT2D eigenvalue weighted by molar-refractivity contribution is 7.16. The smallest absolute Gasteiger partial charge is 0.340 e. The number of anilines is 1. The quantitative estimate of drug-likeness (QED) is 0.141. The van der Waals surface area contributed by atoms with Crippen LogP contribution in [0, 0.1) is 11.3 Å². The van der Waals surface area contributed by atoms with Gasteiger partial charge in [-0.3, -0.25) is 4.79 Å². The molecule has 0 spiro atoms. The van der Waals surface area contributed by atoms with E-state index in [1.54, 1.807) is 18.2 Å². The fourth-order valence-corrected chi connectivity index (χ4v) is 5.46. The van der Waals surface area contributed by atoms with Crippen molar-refractivity contribution in [3.63, 3.8) is 0 Å². The number of hydrogen-bond donors (Lipinski definition) is 1. The van der Waals surface area contributed by atoms with Crippen LogP contribution in [0.15, 0.2) is 60.3 Å². The minimum absolute atomic E-state index is 0.0845. The van der Waals surface area contributed by atoms with E-state index in [4.69, 9.17) is 27.9 Å². The summed E-state index contributed by atoms with van der Waals surface area (Å²) in [7, 11) is 1.29. The first-order valence-electron chi connectivity index (χ1n) is 11.5. The molecular formula is C28H23Cl2N3O3S. The molecule has 0 aliphatic carbocycles. The summed E-state index contributed by atoms with van der Waals surface area (Å²) in [6, 6.07) is 16.9. The van der Waals surface area contributed by atoms with Crippen molar-refractivity contribution in [2.24, 2.45) is 0 Å². The third kappa shape index (κ3) is 5.89. The van der Waals surface area contributed by atoms with Crippen LogP contribution < -0.4 is 5.32 Å². The highest BCUT2D eigenvalue weighted by atomic mass is 35.5. The van der Waals surface area contributed by atoms with Crippen LogP contribution in [0.5, 0.6) is 0 Å². The van der Waals surface area contributed by atoms with Crippen molar-refractivity contribution in [3.05, 3.63) is 91.9 Å². The Morgan fingerprint density at radius 2 is 1.95 bits per heavy atom. The van der Waals surface area contributed by atoms with Gasteiger partial charge >= 0.3 is 5.97 Å². The first-order chi connectivity index (χ1) is 17.8. The van der Waals surface area contributed by atoms with Crippen molar-refractivity contribution in [3.8, 4) is 6.07 Å². The monoisotopic (exact) mass is 551 g/mol. The molecule has 0 radical (unpaired) electrons. The first kappa shape index (κ1) is 26.5. The average Bonchev–Trinajstić information content (AvgIpc) is 3.45. The Morgan fingerprint density at radius 1 is 1.16 bits per heavy atom. The van der Waals surface area contributed by atoms with Gasteiger partial charge in [-0.25, -0.2) is 4.79 Å². The van der Waals surface area contributed by atoms with Gasteiger partial charge < -0.3 is 14.6 Å². The molecule has 0 atom stereocenters. The second kappa shape index (κ2) is 11.7. The average molecular weight is 552 g/mol. The number of fused-ring (bicyclic) bond motifs is 1. The number of halogens is 2. The fourth-order valence-electron chi connectivity index (χ4n) is 4.00. The number of rotatable bonds is 8. The molecule has 1 amide bonds. The van der Waals surface area contributed by atoms with Crippen molar-refractivity contribution in [1.82, 2.24) is 4.57 Å². The number of nitrogens with zero attached hydrogens (tertiary/aromatic N) is 2. The van der Waals surface area contributed by atoms with Gasteiger partial charge in [0.05, 0.1) is 22.7 Å². The minimum atomic E-state index is -0.598. The number of carbonyl (C=O) groups excluding carboxylic acids is 2. The summed E-state index contributed by atoms with van der Waals surface area (Å²) < 4.78 is 6.89. The van der Waals surface area contributed by atoms with Crippen LogP contribution in [0.25, 0.3) is 17.0 Å². The molecule has 0 saturated heterocycles. The Kier molecular flexibility index (Phi) is 8.34. The zero-order valence-corrected chi connectivity index (χ0v) is 22.5.